The van der Waals surface area contributed by atoms with E-state index in [2.05, 4.69) is 4.72 Å². The zero-order valence-corrected chi connectivity index (χ0v) is 11.6. The molecule has 2 rings (SSSR count). The molecule has 0 bridgehead atoms. The monoisotopic (exact) mass is 284 g/mol. The molecule has 0 aliphatic heterocycles. The summed E-state index contributed by atoms with van der Waals surface area (Å²) in [6, 6.07) is 5.95. The maximum atomic E-state index is 12.2. The molecule has 0 radical (unpaired) electrons. The number of benzene rings is 1. The second kappa shape index (κ2) is 5.90. The van der Waals surface area contributed by atoms with E-state index in [4.69, 9.17) is 5.73 Å². The number of hydrogen-bond donors (Lipinski definition) is 3. The molecule has 1 aliphatic carbocycles. The molecular formula is C13H20N2O3S. The van der Waals surface area contributed by atoms with Gasteiger partial charge in [0, 0.05) is 18.3 Å². The number of sulfonamides is 1. The van der Waals surface area contributed by atoms with Gasteiger partial charge in [-0.3, -0.25) is 0 Å². The van der Waals surface area contributed by atoms with E-state index in [1.54, 1.807) is 12.1 Å². The van der Waals surface area contributed by atoms with E-state index in [-0.39, 0.29) is 23.5 Å². The molecule has 0 aromatic heterocycles. The first-order valence-corrected chi connectivity index (χ1v) is 8.00. The van der Waals surface area contributed by atoms with Crippen LogP contribution in [0.5, 0.6) is 0 Å². The Morgan fingerprint density at radius 2 is 1.84 bits per heavy atom. The van der Waals surface area contributed by atoms with Crippen molar-refractivity contribution in [2.24, 2.45) is 5.92 Å². The van der Waals surface area contributed by atoms with Crippen molar-refractivity contribution in [3.63, 3.8) is 0 Å². The van der Waals surface area contributed by atoms with Crippen LogP contribution in [0.4, 0.5) is 5.69 Å². The molecule has 6 heteroatoms. The predicted molar refractivity (Wildman–Crippen MR) is 74.0 cm³/mol. The highest BCUT2D eigenvalue weighted by Gasteiger charge is 2.28. The van der Waals surface area contributed by atoms with Crippen LogP contribution in [0.25, 0.3) is 0 Å². The van der Waals surface area contributed by atoms with Crippen molar-refractivity contribution in [3.8, 4) is 0 Å². The number of aliphatic hydroxyl groups is 1. The molecule has 4 N–H and O–H groups in total. The molecule has 106 valence electrons. The first-order chi connectivity index (χ1) is 9.03. The van der Waals surface area contributed by atoms with E-state index >= 15 is 0 Å². The molecule has 1 aromatic carbocycles. The fourth-order valence-corrected chi connectivity index (χ4v) is 3.83. The lowest BCUT2D eigenvalue weighted by Gasteiger charge is -2.30. The van der Waals surface area contributed by atoms with Gasteiger partial charge in [0.1, 0.15) is 0 Å². The molecular weight excluding hydrogens is 264 g/mol. The van der Waals surface area contributed by atoms with Gasteiger partial charge in [-0.05, 0) is 43.0 Å². The minimum absolute atomic E-state index is 0.0114. The fraction of sp³-hybridized carbons (Fsp3) is 0.538. The van der Waals surface area contributed by atoms with Crippen LogP contribution >= 0.6 is 0 Å². The average molecular weight is 284 g/mol. The summed E-state index contributed by atoms with van der Waals surface area (Å²) in [6.07, 6.45) is 3.68. The topological polar surface area (TPSA) is 92.4 Å². The van der Waals surface area contributed by atoms with Crippen molar-refractivity contribution in [3.05, 3.63) is 24.3 Å². The van der Waals surface area contributed by atoms with Crippen molar-refractivity contribution < 1.29 is 13.5 Å². The van der Waals surface area contributed by atoms with Gasteiger partial charge in [-0.25, -0.2) is 13.1 Å². The van der Waals surface area contributed by atoms with Crippen molar-refractivity contribution >= 4 is 15.7 Å². The third-order valence-corrected chi connectivity index (χ3v) is 5.15. The highest BCUT2D eigenvalue weighted by Crippen LogP contribution is 2.25. The number of aliphatic hydroxyl groups excluding tert-OH is 1. The summed E-state index contributed by atoms with van der Waals surface area (Å²) in [5, 5.41) is 9.31. The van der Waals surface area contributed by atoms with Crippen LogP contribution in [0.1, 0.15) is 25.7 Å². The Morgan fingerprint density at radius 1 is 1.21 bits per heavy atom. The third kappa shape index (κ3) is 3.46. The molecule has 1 saturated carbocycles. The van der Waals surface area contributed by atoms with Crippen molar-refractivity contribution in [2.75, 3.05) is 12.3 Å². The van der Waals surface area contributed by atoms with Gasteiger partial charge in [-0.1, -0.05) is 12.8 Å². The Kier molecular flexibility index (Phi) is 4.44. The molecule has 1 aliphatic rings. The predicted octanol–water partition coefficient (Wildman–Crippen LogP) is 1.10. The quantitative estimate of drug-likeness (QED) is 0.722. The Hall–Kier alpha value is -1.11. The Labute approximate surface area is 113 Å². The van der Waals surface area contributed by atoms with Crippen LogP contribution in [-0.4, -0.2) is 26.2 Å². The van der Waals surface area contributed by atoms with Crippen LogP contribution in [0.2, 0.25) is 0 Å². The summed E-state index contributed by atoms with van der Waals surface area (Å²) in [6.45, 7) is 0.0227. The van der Waals surface area contributed by atoms with Crippen molar-refractivity contribution in [1.82, 2.24) is 4.72 Å². The number of nitrogen functional groups attached to an aromatic ring is 1. The Bertz CT molecular complexity index is 513. The first-order valence-electron chi connectivity index (χ1n) is 6.51. The largest absolute Gasteiger partial charge is 0.399 e. The van der Waals surface area contributed by atoms with Crippen LogP contribution < -0.4 is 10.5 Å². The smallest absolute Gasteiger partial charge is 0.240 e. The molecule has 5 nitrogen and oxygen atoms in total. The molecule has 2 atom stereocenters. The summed E-state index contributed by atoms with van der Waals surface area (Å²) in [5.74, 6) is 0.0114. The Balaban J connectivity index is 2.14. The van der Waals surface area contributed by atoms with Crippen LogP contribution in [-0.2, 0) is 10.0 Å². The van der Waals surface area contributed by atoms with Crippen molar-refractivity contribution in [2.45, 2.75) is 36.6 Å². The third-order valence-electron chi connectivity index (χ3n) is 3.64. The van der Waals surface area contributed by atoms with Gasteiger partial charge >= 0.3 is 0 Å². The van der Waals surface area contributed by atoms with E-state index < -0.39 is 10.0 Å². The van der Waals surface area contributed by atoms with E-state index in [1.807, 2.05) is 0 Å². The van der Waals surface area contributed by atoms with Crippen molar-refractivity contribution in [1.29, 1.82) is 0 Å². The summed E-state index contributed by atoms with van der Waals surface area (Å²) >= 11 is 0. The lowest BCUT2D eigenvalue weighted by Crippen LogP contribution is -2.43. The molecule has 1 fully saturated rings. The van der Waals surface area contributed by atoms with Crippen LogP contribution in [0.3, 0.4) is 0 Å². The second-order valence-electron chi connectivity index (χ2n) is 5.02. The molecule has 1 aromatic rings. The number of hydrogen-bond acceptors (Lipinski definition) is 4. The van der Waals surface area contributed by atoms with Gasteiger partial charge in [0.25, 0.3) is 0 Å². The number of nitrogens with two attached hydrogens (primary N) is 1. The lowest BCUT2D eigenvalue weighted by molar-refractivity contribution is 0.164. The minimum Gasteiger partial charge on any atom is -0.399 e. The first kappa shape index (κ1) is 14.3. The number of nitrogens with one attached hydrogen (secondary N) is 1. The maximum Gasteiger partial charge on any atom is 0.240 e. The van der Waals surface area contributed by atoms with Gasteiger partial charge in [-0.2, -0.15) is 0 Å². The van der Waals surface area contributed by atoms with Crippen LogP contribution in [0.15, 0.2) is 29.2 Å². The normalized spacial score (nSPS) is 24.3. The van der Waals surface area contributed by atoms with Crippen LogP contribution in [0, 0.1) is 5.92 Å². The summed E-state index contributed by atoms with van der Waals surface area (Å²) in [7, 11) is -3.54. The van der Waals surface area contributed by atoms with Gasteiger partial charge in [0.05, 0.1) is 4.90 Å². The standard InChI is InChI=1S/C13H20N2O3S/c14-11-5-7-12(8-6-11)19(17,18)15-13-4-2-1-3-10(13)9-16/h5-8,10,13,15-16H,1-4,9,14H2. The number of anilines is 1. The highest BCUT2D eigenvalue weighted by molar-refractivity contribution is 7.89. The van der Waals surface area contributed by atoms with Gasteiger partial charge in [0.2, 0.25) is 10.0 Å². The fourth-order valence-electron chi connectivity index (χ4n) is 2.50. The van der Waals surface area contributed by atoms with E-state index in [9.17, 15) is 13.5 Å². The second-order valence-corrected chi connectivity index (χ2v) is 6.74. The molecule has 0 amide bonds. The molecule has 19 heavy (non-hydrogen) atoms. The van der Waals surface area contributed by atoms with Gasteiger partial charge < -0.3 is 10.8 Å². The highest BCUT2D eigenvalue weighted by atomic mass is 32.2. The van der Waals surface area contributed by atoms with E-state index in [0.717, 1.165) is 25.7 Å². The van der Waals surface area contributed by atoms with Gasteiger partial charge in [-0.15, -0.1) is 0 Å². The summed E-state index contributed by atoms with van der Waals surface area (Å²) < 4.78 is 27.2. The zero-order chi connectivity index (χ0) is 13.9. The summed E-state index contributed by atoms with van der Waals surface area (Å²) in [5.41, 5.74) is 6.08. The average Bonchev–Trinajstić information content (AvgIpc) is 2.39. The molecule has 0 saturated heterocycles. The molecule has 0 heterocycles. The maximum absolute atomic E-state index is 12.2. The van der Waals surface area contributed by atoms with E-state index in [1.165, 1.54) is 12.1 Å². The SMILES string of the molecule is Nc1ccc(S(=O)(=O)NC2CCCCC2CO)cc1. The molecule has 0 spiro atoms. The van der Waals surface area contributed by atoms with Gasteiger partial charge in [0.15, 0.2) is 0 Å². The minimum atomic E-state index is -3.54. The lowest BCUT2D eigenvalue weighted by atomic mass is 9.86. The van der Waals surface area contributed by atoms with E-state index in [0.29, 0.717) is 5.69 Å². The summed E-state index contributed by atoms with van der Waals surface area (Å²) in [4.78, 5) is 0.212. The number of rotatable bonds is 4. The molecule has 2 unspecified atom stereocenters. The Morgan fingerprint density at radius 3 is 2.47 bits per heavy atom. The zero-order valence-electron chi connectivity index (χ0n) is 10.7.